The first-order chi connectivity index (χ1) is 5.63. The van der Waals surface area contributed by atoms with Crippen molar-refractivity contribution in [3.63, 3.8) is 0 Å². The van der Waals surface area contributed by atoms with Gasteiger partial charge in [-0.05, 0) is 13.3 Å². The smallest absolute Gasteiger partial charge is 0.135 e. The molecule has 0 aliphatic heterocycles. The Labute approximate surface area is 73.1 Å². The molecule has 3 nitrogen and oxygen atoms in total. The van der Waals surface area contributed by atoms with Gasteiger partial charge in [0, 0.05) is 19.4 Å². The van der Waals surface area contributed by atoms with E-state index in [9.17, 15) is 9.59 Å². The van der Waals surface area contributed by atoms with Gasteiger partial charge in [-0.1, -0.05) is 6.92 Å². The second-order valence-corrected chi connectivity index (χ2v) is 2.92. The van der Waals surface area contributed by atoms with Gasteiger partial charge in [-0.3, -0.25) is 4.79 Å². The Balaban J connectivity index is 3.95. The van der Waals surface area contributed by atoms with E-state index in [1.165, 1.54) is 6.92 Å². The van der Waals surface area contributed by atoms with Crippen LogP contribution in [0.5, 0.6) is 0 Å². The fourth-order valence-electron chi connectivity index (χ4n) is 1.07. The van der Waals surface area contributed by atoms with E-state index < -0.39 is 0 Å². The fraction of sp³-hybridized carbons (Fsp3) is 0.778. The molecule has 0 spiro atoms. The Kier molecular flexibility index (Phi) is 5.54. The molecule has 2 atom stereocenters. The molecule has 70 valence electrons. The minimum absolute atomic E-state index is 0.104. The highest BCUT2D eigenvalue weighted by molar-refractivity contribution is 5.78. The van der Waals surface area contributed by atoms with E-state index in [0.29, 0.717) is 12.8 Å². The maximum absolute atomic E-state index is 10.9. The highest BCUT2D eigenvalue weighted by Crippen LogP contribution is 2.12. The number of Topliss-reactive ketones (excluding diaryl/α,β-unsaturated/α-hetero) is 1. The second kappa shape index (κ2) is 5.89. The van der Waals surface area contributed by atoms with Crippen molar-refractivity contribution >= 4 is 12.1 Å². The van der Waals surface area contributed by atoms with Crippen LogP contribution in [0.15, 0.2) is 0 Å². The Morgan fingerprint density at radius 3 is 2.50 bits per heavy atom. The summed E-state index contributed by atoms with van der Waals surface area (Å²) in [6.07, 6.45) is 1.81. The molecule has 0 aromatic carbocycles. The number of aldehydes is 1. The molecule has 0 rings (SSSR count). The fourth-order valence-corrected chi connectivity index (χ4v) is 1.07. The van der Waals surface area contributed by atoms with Crippen LogP contribution in [0.2, 0.25) is 0 Å². The molecular formula is C9H16O3. The second-order valence-electron chi connectivity index (χ2n) is 2.92. The lowest BCUT2D eigenvalue weighted by atomic mass is 9.97. The van der Waals surface area contributed by atoms with Crippen molar-refractivity contribution in [3.05, 3.63) is 0 Å². The number of ether oxygens (including phenoxy) is 1. The van der Waals surface area contributed by atoms with E-state index in [1.54, 1.807) is 7.11 Å². The number of methoxy groups -OCH3 is 1. The van der Waals surface area contributed by atoms with Crippen molar-refractivity contribution < 1.29 is 14.3 Å². The molecule has 3 heteroatoms. The Hall–Kier alpha value is -0.700. The first-order valence-electron chi connectivity index (χ1n) is 4.10. The molecule has 0 saturated carbocycles. The maximum atomic E-state index is 10.9. The monoisotopic (exact) mass is 172 g/mol. The van der Waals surface area contributed by atoms with Crippen LogP contribution in [-0.2, 0) is 14.3 Å². The van der Waals surface area contributed by atoms with E-state index >= 15 is 0 Å². The third-order valence-corrected chi connectivity index (χ3v) is 2.07. The molecule has 0 amide bonds. The summed E-state index contributed by atoms with van der Waals surface area (Å²) < 4.78 is 5.10. The zero-order valence-electron chi connectivity index (χ0n) is 7.87. The van der Waals surface area contributed by atoms with E-state index in [4.69, 9.17) is 4.74 Å². The van der Waals surface area contributed by atoms with Crippen LogP contribution in [0.1, 0.15) is 26.7 Å². The highest BCUT2D eigenvalue weighted by atomic mass is 16.5. The number of hydrogen-bond acceptors (Lipinski definition) is 3. The molecular weight excluding hydrogens is 156 g/mol. The molecule has 12 heavy (non-hydrogen) atoms. The third-order valence-electron chi connectivity index (χ3n) is 2.07. The first kappa shape index (κ1) is 11.3. The van der Waals surface area contributed by atoms with Gasteiger partial charge in [0.15, 0.2) is 0 Å². The lowest BCUT2D eigenvalue weighted by molar-refractivity contribution is -0.125. The SMILES string of the molecule is CO[C@@H](CCC=O)[C@@H](C)C(C)=O. The van der Waals surface area contributed by atoms with E-state index in [0.717, 1.165) is 6.29 Å². The van der Waals surface area contributed by atoms with Crippen LogP contribution in [0.4, 0.5) is 0 Å². The quantitative estimate of drug-likeness (QED) is 0.565. The summed E-state index contributed by atoms with van der Waals surface area (Å²) in [5.41, 5.74) is 0. The average molecular weight is 172 g/mol. The van der Waals surface area contributed by atoms with Gasteiger partial charge >= 0.3 is 0 Å². The largest absolute Gasteiger partial charge is 0.381 e. The van der Waals surface area contributed by atoms with Gasteiger partial charge in [-0.2, -0.15) is 0 Å². The van der Waals surface area contributed by atoms with Crippen molar-refractivity contribution in [3.8, 4) is 0 Å². The standard InChI is InChI=1S/C9H16O3/c1-7(8(2)11)9(12-3)5-4-6-10/h6-7,9H,4-5H2,1-3H3/t7-,9-/m0/s1. The van der Waals surface area contributed by atoms with Crippen LogP contribution in [-0.4, -0.2) is 25.3 Å². The molecule has 0 unspecified atom stereocenters. The predicted octanol–water partition coefficient (Wildman–Crippen LogP) is 1.21. The molecule has 0 aromatic rings. The predicted molar refractivity (Wildman–Crippen MR) is 45.9 cm³/mol. The minimum atomic E-state index is -0.118. The lowest BCUT2D eigenvalue weighted by Gasteiger charge is -2.19. The van der Waals surface area contributed by atoms with Gasteiger partial charge in [0.2, 0.25) is 0 Å². The summed E-state index contributed by atoms with van der Waals surface area (Å²) in [4.78, 5) is 21.0. The summed E-state index contributed by atoms with van der Waals surface area (Å²) in [7, 11) is 1.56. The van der Waals surface area contributed by atoms with Crippen molar-refractivity contribution in [2.75, 3.05) is 7.11 Å². The summed E-state index contributed by atoms with van der Waals surface area (Å²) in [6, 6.07) is 0. The Bertz CT molecular complexity index is 154. The third kappa shape index (κ3) is 3.62. The van der Waals surface area contributed by atoms with Crippen molar-refractivity contribution in [1.29, 1.82) is 0 Å². The van der Waals surface area contributed by atoms with E-state index in [-0.39, 0.29) is 17.8 Å². The van der Waals surface area contributed by atoms with E-state index in [1.807, 2.05) is 6.92 Å². The summed E-state index contributed by atoms with van der Waals surface area (Å²) in [5.74, 6) is -0.0114. The van der Waals surface area contributed by atoms with Crippen molar-refractivity contribution in [2.45, 2.75) is 32.8 Å². The number of rotatable bonds is 6. The average Bonchev–Trinajstić information content (AvgIpc) is 2.05. The maximum Gasteiger partial charge on any atom is 0.135 e. The Morgan fingerprint density at radius 1 is 1.58 bits per heavy atom. The number of hydrogen-bond donors (Lipinski definition) is 0. The van der Waals surface area contributed by atoms with E-state index in [2.05, 4.69) is 0 Å². The normalized spacial score (nSPS) is 15.2. The number of carbonyl (C=O) groups is 2. The minimum Gasteiger partial charge on any atom is -0.381 e. The molecule has 0 heterocycles. The summed E-state index contributed by atoms with van der Waals surface area (Å²) in [5, 5.41) is 0. The molecule has 0 radical (unpaired) electrons. The molecule has 0 bridgehead atoms. The van der Waals surface area contributed by atoms with Gasteiger partial charge in [0.05, 0.1) is 6.10 Å². The highest BCUT2D eigenvalue weighted by Gasteiger charge is 2.19. The molecule has 0 aliphatic rings. The van der Waals surface area contributed by atoms with Crippen LogP contribution in [0.25, 0.3) is 0 Å². The van der Waals surface area contributed by atoms with Crippen LogP contribution >= 0.6 is 0 Å². The zero-order chi connectivity index (χ0) is 9.56. The van der Waals surface area contributed by atoms with Crippen molar-refractivity contribution in [1.82, 2.24) is 0 Å². The summed E-state index contributed by atoms with van der Waals surface area (Å²) in [6.45, 7) is 3.36. The van der Waals surface area contributed by atoms with Crippen LogP contribution < -0.4 is 0 Å². The zero-order valence-corrected chi connectivity index (χ0v) is 7.87. The number of ketones is 1. The van der Waals surface area contributed by atoms with Gasteiger partial charge in [0.1, 0.15) is 12.1 Å². The molecule has 0 N–H and O–H groups in total. The van der Waals surface area contributed by atoms with Crippen LogP contribution in [0.3, 0.4) is 0 Å². The lowest BCUT2D eigenvalue weighted by Crippen LogP contribution is -2.25. The Morgan fingerprint density at radius 2 is 2.17 bits per heavy atom. The number of carbonyl (C=O) groups excluding carboxylic acids is 2. The van der Waals surface area contributed by atoms with Gasteiger partial charge in [-0.15, -0.1) is 0 Å². The van der Waals surface area contributed by atoms with Gasteiger partial charge in [0.25, 0.3) is 0 Å². The van der Waals surface area contributed by atoms with Crippen molar-refractivity contribution in [2.24, 2.45) is 5.92 Å². The van der Waals surface area contributed by atoms with Crippen LogP contribution in [0, 0.1) is 5.92 Å². The first-order valence-corrected chi connectivity index (χ1v) is 4.10. The molecule has 0 saturated heterocycles. The topological polar surface area (TPSA) is 43.4 Å². The molecule has 0 aromatic heterocycles. The summed E-state index contributed by atoms with van der Waals surface area (Å²) >= 11 is 0. The molecule has 0 aliphatic carbocycles. The van der Waals surface area contributed by atoms with Gasteiger partial charge in [-0.25, -0.2) is 0 Å². The molecule has 0 fully saturated rings. The van der Waals surface area contributed by atoms with Gasteiger partial charge < -0.3 is 9.53 Å².